The van der Waals surface area contributed by atoms with Gasteiger partial charge in [0.1, 0.15) is 87.3 Å². The molecule has 0 aliphatic carbocycles. The average molecular weight is 907 g/mol. The molecule has 11 rings (SSSR count). The second kappa shape index (κ2) is 16.2. The molecule has 3 heterocycles. The Hall–Kier alpha value is -8.90. The van der Waals surface area contributed by atoms with Gasteiger partial charge < -0.3 is 60.2 Å². The number of hydrogen-bond acceptors (Lipinski definition) is 12. The summed E-state index contributed by atoms with van der Waals surface area (Å²) in [4.78, 5) is 0. The van der Waals surface area contributed by atoms with E-state index in [4.69, 9.17) is 14.2 Å². The van der Waals surface area contributed by atoms with E-state index in [9.17, 15) is 46.0 Å². The van der Waals surface area contributed by atoms with Crippen molar-refractivity contribution in [1.82, 2.24) is 0 Å². The van der Waals surface area contributed by atoms with Crippen molar-refractivity contribution in [2.75, 3.05) is 0 Å². The second-order valence-corrected chi connectivity index (χ2v) is 17.4. The summed E-state index contributed by atoms with van der Waals surface area (Å²) in [5, 5.41) is 96.0. The molecule has 3 aliphatic heterocycles. The zero-order valence-corrected chi connectivity index (χ0v) is 35.8. The average Bonchev–Trinajstić information content (AvgIpc) is 4.00. The van der Waals surface area contributed by atoms with Crippen LogP contribution >= 0.6 is 0 Å². The van der Waals surface area contributed by atoms with Gasteiger partial charge in [0, 0.05) is 41.0 Å². The van der Waals surface area contributed by atoms with Crippen molar-refractivity contribution >= 4 is 12.2 Å². The van der Waals surface area contributed by atoms with Gasteiger partial charge in [-0.2, -0.15) is 0 Å². The first-order valence-electron chi connectivity index (χ1n) is 21.8. The minimum Gasteiger partial charge on any atom is -0.508 e. The van der Waals surface area contributed by atoms with E-state index in [0.29, 0.717) is 56.2 Å². The van der Waals surface area contributed by atoms with Gasteiger partial charge >= 0.3 is 0 Å². The fourth-order valence-electron chi connectivity index (χ4n) is 10.2. The fraction of sp³-hybridized carbons (Fsp3) is 0.107. The second-order valence-electron chi connectivity index (χ2n) is 17.4. The summed E-state index contributed by atoms with van der Waals surface area (Å²) in [5.74, 6) is -0.981. The van der Waals surface area contributed by atoms with E-state index in [1.54, 1.807) is 109 Å². The van der Waals surface area contributed by atoms with Crippen molar-refractivity contribution in [3.05, 3.63) is 213 Å². The maximum absolute atomic E-state index is 11.5. The predicted octanol–water partition coefficient (Wildman–Crippen LogP) is 11.0. The Labute approximate surface area is 389 Å². The molecule has 0 fully saturated rings. The molecule has 8 aromatic carbocycles. The largest absolute Gasteiger partial charge is 0.508 e. The van der Waals surface area contributed by atoms with Gasteiger partial charge in [0.25, 0.3) is 0 Å². The van der Waals surface area contributed by atoms with Crippen LogP contribution in [0.15, 0.2) is 152 Å². The highest BCUT2D eigenvalue weighted by Gasteiger charge is 2.46. The van der Waals surface area contributed by atoms with E-state index in [-0.39, 0.29) is 51.7 Å². The first-order chi connectivity index (χ1) is 32.8. The van der Waals surface area contributed by atoms with Gasteiger partial charge in [-0.1, -0.05) is 54.6 Å². The topological polar surface area (TPSA) is 210 Å². The highest BCUT2D eigenvalue weighted by Crippen LogP contribution is 2.59. The van der Waals surface area contributed by atoms with Crippen molar-refractivity contribution in [2.24, 2.45) is 0 Å². The Morgan fingerprint density at radius 1 is 0.294 bits per heavy atom. The van der Waals surface area contributed by atoms with Gasteiger partial charge in [-0.05, 0) is 129 Å². The molecule has 338 valence electrons. The first-order valence-corrected chi connectivity index (χ1v) is 21.8. The standard InChI is InChI=1S/C56H42O12/c57-35-10-4-29(5-11-35)54-50(33-19-38(60)23-39(61)20-33)49-32(18-42(64)26-47(49)67-54)3-1-28-2-16-46-44(17-28)52(56(66-46)31-8-14-37(59)15-9-31)45-25-43(65)27-48-53(45)51(34-21-40(62)24-41(63)22-34)55(68-48)30-6-12-36(58)13-7-30/h1-27,50-52,54-65H/b3-1+/t50-,51+,52+,54+,55-,56?/m0/s1. The quantitative estimate of drug-likeness (QED) is 0.0652. The number of phenols is 9. The van der Waals surface area contributed by atoms with Crippen molar-refractivity contribution in [3.8, 4) is 69.0 Å². The molecule has 0 bridgehead atoms. The van der Waals surface area contributed by atoms with E-state index < -0.39 is 36.1 Å². The molecule has 6 atom stereocenters. The summed E-state index contributed by atoms with van der Waals surface area (Å²) in [7, 11) is 0. The lowest BCUT2D eigenvalue weighted by molar-refractivity contribution is 0.220. The Morgan fingerprint density at radius 3 is 1.21 bits per heavy atom. The summed E-state index contributed by atoms with van der Waals surface area (Å²) in [6.07, 6.45) is 1.69. The van der Waals surface area contributed by atoms with Crippen molar-refractivity contribution in [3.63, 3.8) is 0 Å². The van der Waals surface area contributed by atoms with Crippen LogP contribution < -0.4 is 14.2 Å². The summed E-state index contributed by atoms with van der Waals surface area (Å²) < 4.78 is 20.0. The van der Waals surface area contributed by atoms with Gasteiger partial charge in [0.15, 0.2) is 0 Å². The fourth-order valence-corrected chi connectivity index (χ4v) is 10.2. The molecule has 0 saturated heterocycles. The smallest absolute Gasteiger partial charge is 0.135 e. The van der Waals surface area contributed by atoms with Gasteiger partial charge in [-0.25, -0.2) is 0 Å². The van der Waals surface area contributed by atoms with Crippen LogP contribution in [0.4, 0.5) is 0 Å². The summed E-state index contributed by atoms with van der Waals surface area (Å²) >= 11 is 0. The van der Waals surface area contributed by atoms with Gasteiger partial charge in [0.2, 0.25) is 0 Å². The van der Waals surface area contributed by atoms with Crippen LogP contribution in [0.3, 0.4) is 0 Å². The number of ether oxygens (including phenoxy) is 3. The summed E-state index contributed by atoms with van der Waals surface area (Å²) in [6.45, 7) is 0. The van der Waals surface area contributed by atoms with Crippen LogP contribution in [0.25, 0.3) is 12.2 Å². The maximum Gasteiger partial charge on any atom is 0.135 e. The number of aromatic hydroxyl groups is 9. The molecular formula is C56H42O12. The minimum absolute atomic E-state index is 0.0494. The van der Waals surface area contributed by atoms with Crippen LogP contribution in [-0.2, 0) is 0 Å². The SMILES string of the molecule is Oc1ccc(C2Oc3ccc(/C=C/c4cc(O)cc5c4[C@H](c4cc(O)cc(O)c4)[C@@H](c4ccc(O)cc4)O5)cc3[C@@H]2c2cc(O)cc3c2[C@@H](c2cc(O)cc(O)c2)[C@H](c2ccc(O)cc2)O3)cc1. The van der Waals surface area contributed by atoms with Crippen molar-refractivity contribution in [2.45, 2.75) is 36.1 Å². The highest BCUT2D eigenvalue weighted by atomic mass is 16.5. The molecule has 68 heavy (non-hydrogen) atoms. The number of phenolic OH excluding ortho intramolecular Hbond substituents is 9. The number of rotatable bonds is 8. The normalized spacial score (nSPS) is 20.0. The Balaban J connectivity index is 1.05. The zero-order chi connectivity index (χ0) is 47.0. The van der Waals surface area contributed by atoms with E-state index in [1.165, 1.54) is 24.3 Å². The van der Waals surface area contributed by atoms with E-state index in [0.717, 1.165) is 22.3 Å². The van der Waals surface area contributed by atoms with E-state index in [1.807, 2.05) is 30.4 Å². The predicted molar refractivity (Wildman–Crippen MR) is 251 cm³/mol. The molecule has 12 nitrogen and oxygen atoms in total. The number of fused-ring (bicyclic) bond motifs is 3. The van der Waals surface area contributed by atoms with E-state index >= 15 is 0 Å². The van der Waals surface area contributed by atoms with Crippen LogP contribution in [-0.4, -0.2) is 46.0 Å². The van der Waals surface area contributed by atoms with Crippen LogP contribution in [0.1, 0.15) is 97.3 Å². The van der Waals surface area contributed by atoms with Gasteiger partial charge in [-0.3, -0.25) is 0 Å². The summed E-state index contributed by atoms with van der Waals surface area (Å²) in [6, 6.07) is 40.7. The third kappa shape index (κ3) is 7.47. The molecule has 12 heteroatoms. The lowest BCUT2D eigenvalue weighted by atomic mass is 9.76. The van der Waals surface area contributed by atoms with Crippen LogP contribution in [0.5, 0.6) is 69.0 Å². The molecule has 8 aromatic rings. The number of hydrogen-bond donors (Lipinski definition) is 9. The summed E-state index contributed by atoms with van der Waals surface area (Å²) in [5.41, 5.74) is 7.38. The molecule has 0 amide bonds. The lowest BCUT2D eigenvalue weighted by Crippen LogP contribution is -2.16. The van der Waals surface area contributed by atoms with Crippen LogP contribution in [0.2, 0.25) is 0 Å². The van der Waals surface area contributed by atoms with Crippen molar-refractivity contribution in [1.29, 1.82) is 0 Å². The lowest BCUT2D eigenvalue weighted by Gasteiger charge is -2.26. The first kappa shape index (κ1) is 41.8. The molecule has 9 N–H and O–H groups in total. The molecule has 0 aromatic heterocycles. The molecule has 1 unspecified atom stereocenters. The zero-order valence-electron chi connectivity index (χ0n) is 35.8. The van der Waals surface area contributed by atoms with Gasteiger partial charge in [0.05, 0.1) is 17.8 Å². The van der Waals surface area contributed by atoms with Crippen molar-refractivity contribution < 1.29 is 60.2 Å². The van der Waals surface area contributed by atoms with E-state index in [2.05, 4.69) is 0 Å². The monoisotopic (exact) mass is 906 g/mol. The number of benzene rings is 8. The Kier molecular flexibility index (Phi) is 9.96. The third-order valence-corrected chi connectivity index (χ3v) is 13.0. The molecular weight excluding hydrogens is 865 g/mol. The third-order valence-electron chi connectivity index (χ3n) is 13.0. The molecule has 0 radical (unpaired) electrons. The maximum atomic E-state index is 11.5. The highest BCUT2D eigenvalue weighted by molar-refractivity contribution is 5.76. The molecule has 3 aliphatic rings. The Morgan fingerprint density at radius 2 is 0.706 bits per heavy atom. The molecule has 0 spiro atoms. The molecule has 0 saturated carbocycles. The Bertz CT molecular complexity index is 3250. The minimum atomic E-state index is -0.718. The van der Waals surface area contributed by atoms with Gasteiger partial charge in [-0.15, -0.1) is 0 Å². The van der Waals surface area contributed by atoms with Crippen LogP contribution in [0, 0.1) is 0 Å².